The highest BCUT2D eigenvalue weighted by Gasteiger charge is 2.35. The van der Waals surface area contributed by atoms with Crippen molar-refractivity contribution >= 4 is 6.08 Å². The number of nitrogens with zero attached hydrogens (tertiary/aromatic N) is 3. The summed E-state index contributed by atoms with van der Waals surface area (Å²) in [5.74, 6) is -0.257. The zero-order valence-electron chi connectivity index (χ0n) is 19.9. The number of hydrogen-bond donors (Lipinski definition) is 1. The number of aliphatic hydroxyl groups excluding tert-OH is 1. The van der Waals surface area contributed by atoms with Crippen molar-refractivity contribution in [1.82, 2.24) is 14.7 Å². The maximum atomic E-state index is 13.4. The lowest BCUT2D eigenvalue weighted by Crippen LogP contribution is -2.36. The molecule has 0 radical (unpaired) electrons. The van der Waals surface area contributed by atoms with Gasteiger partial charge in [0.05, 0.1) is 36.9 Å². The minimum Gasteiger partial charge on any atom is -0.388 e. The Kier molecular flexibility index (Phi) is 6.38. The lowest BCUT2D eigenvalue weighted by atomic mass is 9.69. The first-order valence-corrected chi connectivity index (χ1v) is 12.0. The molecule has 1 fully saturated rings. The van der Waals surface area contributed by atoms with E-state index in [1.807, 2.05) is 16.9 Å². The van der Waals surface area contributed by atoms with Gasteiger partial charge in [0, 0.05) is 19.6 Å². The molecule has 2 aromatic carbocycles. The number of aromatic nitrogens is 2. The van der Waals surface area contributed by atoms with Crippen LogP contribution in [0.5, 0.6) is 0 Å². The second-order valence-corrected chi connectivity index (χ2v) is 9.82. The fourth-order valence-corrected chi connectivity index (χ4v) is 5.18. The quantitative estimate of drug-likeness (QED) is 0.565. The summed E-state index contributed by atoms with van der Waals surface area (Å²) in [4.78, 5) is 2.39. The first-order valence-electron chi connectivity index (χ1n) is 12.0. The molecule has 1 aliphatic heterocycles. The van der Waals surface area contributed by atoms with Gasteiger partial charge in [-0.05, 0) is 72.2 Å². The lowest BCUT2D eigenvalue weighted by Gasteiger charge is -2.36. The summed E-state index contributed by atoms with van der Waals surface area (Å²) >= 11 is 0. The summed E-state index contributed by atoms with van der Waals surface area (Å²) in [6.07, 6.45) is 4.95. The van der Waals surface area contributed by atoms with Gasteiger partial charge in [-0.15, -0.1) is 0 Å². The number of ether oxygens (including phenoxy) is 1. The largest absolute Gasteiger partial charge is 0.388 e. The van der Waals surface area contributed by atoms with Gasteiger partial charge in [-0.2, -0.15) is 5.10 Å². The number of halogens is 1. The molecule has 0 bridgehead atoms. The highest BCUT2D eigenvalue weighted by molar-refractivity contribution is 5.60. The summed E-state index contributed by atoms with van der Waals surface area (Å²) < 4.78 is 20.7. The van der Waals surface area contributed by atoms with E-state index in [0.29, 0.717) is 6.42 Å². The van der Waals surface area contributed by atoms with Crippen molar-refractivity contribution in [1.29, 1.82) is 0 Å². The van der Waals surface area contributed by atoms with Gasteiger partial charge in [0.25, 0.3) is 0 Å². The van der Waals surface area contributed by atoms with Gasteiger partial charge in [-0.1, -0.05) is 36.8 Å². The molecule has 1 saturated heterocycles. The molecule has 5 nitrogen and oxygen atoms in total. The number of morpholine rings is 1. The summed E-state index contributed by atoms with van der Waals surface area (Å²) in [6.45, 7) is 8.57. The van der Waals surface area contributed by atoms with Crippen LogP contribution in [0.3, 0.4) is 0 Å². The summed E-state index contributed by atoms with van der Waals surface area (Å²) in [5.41, 5.74) is 6.24. The highest BCUT2D eigenvalue weighted by Crippen LogP contribution is 2.45. The first kappa shape index (κ1) is 23.0. The van der Waals surface area contributed by atoms with Gasteiger partial charge in [0.2, 0.25) is 0 Å². The minimum atomic E-state index is -0.556. The van der Waals surface area contributed by atoms with Crippen molar-refractivity contribution < 1.29 is 14.2 Å². The number of fused-ring (bicyclic) bond motifs is 1. The molecule has 1 aromatic heterocycles. The Morgan fingerprint density at radius 2 is 1.85 bits per heavy atom. The van der Waals surface area contributed by atoms with Crippen LogP contribution in [0, 0.1) is 11.2 Å². The monoisotopic (exact) mass is 461 g/mol. The van der Waals surface area contributed by atoms with E-state index in [4.69, 9.17) is 4.74 Å². The van der Waals surface area contributed by atoms with E-state index in [-0.39, 0.29) is 11.2 Å². The predicted molar refractivity (Wildman–Crippen MR) is 131 cm³/mol. The van der Waals surface area contributed by atoms with Crippen molar-refractivity contribution in [3.05, 3.63) is 88.5 Å². The SMILES string of the molecule is CC1=Cc2c(cnn2-c2ccc(F)cc2)C[C@@]1(C)CC(O)c1ccccc1CN1CCOCC1. The third-order valence-corrected chi connectivity index (χ3v) is 7.40. The number of allylic oxidation sites excluding steroid dienone is 1. The maximum Gasteiger partial charge on any atom is 0.123 e. The second kappa shape index (κ2) is 9.45. The van der Waals surface area contributed by atoms with E-state index in [1.165, 1.54) is 23.3 Å². The Morgan fingerprint density at radius 3 is 2.62 bits per heavy atom. The van der Waals surface area contributed by atoms with E-state index in [1.54, 1.807) is 12.1 Å². The average Bonchev–Trinajstić information content (AvgIpc) is 3.22. The molecule has 3 aromatic rings. The third-order valence-electron chi connectivity index (χ3n) is 7.40. The van der Waals surface area contributed by atoms with E-state index >= 15 is 0 Å². The van der Waals surface area contributed by atoms with Crippen LogP contribution in [0.1, 0.15) is 48.8 Å². The predicted octanol–water partition coefficient (Wildman–Crippen LogP) is 4.93. The van der Waals surface area contributed by atoms with Crippen molar-refractivity contribution in [2.75, 3.05) is 26.3 Å². The molecule has 1 unspecified atom stereocenters. The van der Waals surface area contributed by atoms with Crippen LogP contribution in [0.4, 0.5) is 4.39 Å². The zero-order valence-corrected chi connectivity index (χ0v) is 19.9. The Bertz CT molecular complexity index is 1180. The Morgan fingerprint density at radius 1 is 1.12 bits per heavy atom. The van der Waals surface area contributed by atoms with Crippen molar-refractivity contribution in [3.63, 3.8) is 0 Å². The topological polar surface area (TPSA) is 50.5 Å². The lowest BCUT2D eigenvalue weighted by molar-refractivity contribution is 0.0335. The number of benzene rings is 2. The van der Waals surface area contributed by atoms with Crippen molar-refractivity contribution in [2.45, 2.75) is 39.3 Å². The fraction of sp³-hybridized carbons (Fsp3) is 0.393. The Balaban J connectivity index is 1.36. The average molecular weight is 462 g/mol. The molecule has 0 saturated carbocycles. The molecule has 1 aliphatic carbocycles. The molecule has 0 spiro atoms. The summed E-state index contributed by atoms with van der Waals surface area (Å²) in [6, 6.07) is 14.7. The van der Waals surface area contributed by atoms with E-state index in [2.05, 4.69) is 48.1 Å². The summed E-state index contributed by atoms with van der Waals surface area (Å²) in [7, 11) is 0. The van der Waals surface area contributed by atoms with Gasteiger partial charge >= 0.3 is 0 Å². The molecular formula is C28H32FN3O2. The molecule has 1 N–H and O–H groups in total. The van der Waals surface area contributed by atoms with Gasteiger partial charge in [0.1, 0.15) is 5.82 Å². The van der Waals surface area contributed by atoms with Crippen LogP contribution in [0.25, 0.3) is 11.8 Å². The number of hydrogen-bond acceptors (Lipinski definition) is 4. The number of rotatable bonds is 6. The first-order chi connectivity index (χ1) is 16.4. The van der Waals surface area contributed by atoms with Gasteiger partial charge in [-0.3, -0.25) is 4.90 Å². The Labute approximate surface area is 200 Å². The van der Waals surface area contributed by atoms with Crippen LogP contribution in [0.2, 0.25) is 0 Å². The van der Waals surface area contributed by atoms with Gasteiger partial charge in [0.15, 0.2) is 0 Å². The molecule has 2 aliphatic rings. The summed E-state index contributed by atoms with van der Waals surface area (Å²) in [5, 5.41) is 16.0. The van der Waals surface area contributed by atoms with Crippen LogP contribution in [-0.2, 0) is 17.7 Å². The molecule has 34 heavy (non-hydrogen) atoms. The van der Waals surface area contributed by atoms with Crippen LogP contribution in [0.15, 0.2) is 60.3 Å². The minimum absolute atomic E-state index is 0.185. The maximum absolute atomic E-state index is 13.4. The molecule has 2 heterocycles. The van der Waals surface area contributed by atoms with E-state index < -0.39 is 6.10 Å². The Hall–Kier alpha value is -2.80. The molecule has 5 rings (SSSR count). The van der Waals surface area contributed by atoms with Crippen LogP contribution >= 0.6 is 0 Å². The van der Waals surface area contributed by atoms with E-state index in [9.17, 15) is 9.50 Å². The third kappa shape index (κ3) is 4.58. The fourth-order valence-electron chi connectivity index (χ4n) is 5.18. The van der Waals surface area contributed by atoms with Crippen LogP contribution < -0.4 is 0 Å². The van der Waals surface area contributed by atoms with Crippen molar-refractivity contribution in [3.8, 4) is 5.69 Å². The van der Waals surface area contributed by atoms with Crippen molar-refractivity contribution in [2.24, 2.45) is 5.41 Å². The zero-order chi connectivity index (χ0) is 23.7. The van der Waals surface area contributed by atoms with Gasteiger partial charge < -0.3 is 9.84 Å². The smallest absolute Gasteiger partial charge is 0.123 e. The molecule has 6 heteroatoms. The van der Waals surface area contributed by atoms with Crippen LogP contribution in [-0.4, -0.2) is 46.1 Å². The normalized spacial score (nSPS) is 21.7. The second-order valence-electron chi connectivity index (χ2n) is 9.82. The van der Waals surface area contributed by atoms with Gasteiger partial charge in [-0.25, -0.2) is 9.07 Å². The number of aliphatic hydroxyl groups is 1. The molecule has 2 atom stereocenters. The molecule has 178 valence electrons. The molecular weight excluding hydrogens is 429 g/mol. The molecule has 0 amide bonds. The standard InChI is InChI=1S/C28H32FN3O2/c1-20-15-26-22(18-30-32(26)24-9-7-23(29)8-10-24)16-28(20,2)17-27(33)25-6-4-3-5-21(25)19-31-11-13-34-14-12-31/h3-10,15,18,27,33H,11-14,16-17,19H2,1-2H3/t27?,28-/m0/s1. The van der Waals surface area contributed by atoms with E-state index in [0.717, 1.165) is 61.8 Å². The highest BCUT2D eigenvalue weighted by atomic mass is 19.1.